The summed E-state index contributed by atoms with van der Waals surface area (Å²) < 4.78 is 0. The number of benzene rings is 1. The molecule has 0 atom stereocenters. The smallest absolute Gasteiger partial charge is 0.255 e. The molecule has 1 aliphatic rings. The number of carbonyl (C=O) groups is 1. The third kappa shape index (κ3) is 2.85. The maximum absolute atomic E-state index is 12.5. The van der Waals surface area contributed by atoms with E-state index in [-0.39, 0.29) is 12.5 Å². The molecular weight excluding hydrogens is 278 g/mol. The summed E-state index contributed by atoms with van der Waals surface area (Å²) >= 11 is 0. The van der Waals surface area contributed by atoms with Gasteiger partial charge in [-0.05, 0) is 30.7 Å². The van der Waals surface area contributed by atoms with Crippen LogP contribution in [-0.4, -0.2) is 47.1 Å². The molecule has 0 spiro atoms. The second-order valence-corrected chi connectivity index (χ2v) is 5.62. The summed E-state index contributed by atoms with van der Waals surface area (Å²) in [6.45, 7) is 5.02. The monoisotopic (exact) mass is 299 g/mol. The van der Waals surface area contributed by atoms with Crippen molar-refractivity contribution in [2.45, 2.75) is 13.5 Å². The van der Waals surface area contributed by atoms with Gasteiger partial charge >= 0.3 is 0 Å². The molecule has 1 saturated heterocycles. The Morgan fingerprint density at radius 2 is 2.00 bits per heavy atom. The van der Waals surface area contributed by atoms with Crippen LogP contribution in [0.3, 0.4) is 0 Å². The van der Waals surface area contributed by atoms with Crippen LogP contribution in [0.5, 0.6) is 0 Å². The molecular formula is C17H21N3O2. The third-order valence-electron chi connectivity index (χ3n) is 4.21. The van der Waals surface area contributed by atoms with Gasteiger partial charge in [0.05, 0.1) is 12.2 Å². The summed E-state index contributed by atoms with van der Waals surface area (Å²) in [6.07, 6.45) is 1.80. The van der Waals surface area contributed by atoms with E-state index in [1.165, 1.54) is 0 Å². The first-order chi connectivity index (χ1) is 10.7. The van der Waals surface area contributed by atoms with Crippen molar-refractivity contribution in [3.8, 4) is 0 Å². The molecule has 5 heteroatoms. The number of hydrogen-bond donors (Lipinski definition) is 2. The van der Waals surface area contributed by atoms with Gasteiger partial charge in [-0.15, -0.1) is 0 Å². The molecule has 2 N–H and O–H groups in total. The van der Waals surface area contributed by atoms with Gasteiger partial charge in [0.25, 0.3) is 5.91 Å². The Kier molecular flexibility index (Phi) is 4.15. The average molecular weight is 299 g/mol. The van der Waals surface area contributed by atoms with Gasteiger partial charge in [0.15, 0.2) is 0 Å². The fraction of sp³-hybridized carbons (Fsp3) is 0.353. The van der Waals surface area contributed by atoms with Crippen LogP contribution < -0.4 is 4.90 Å². The molecule has 0 bridgehead atoms. The molecule has 5 nitrogen and oxygen atoms in total. The topological polar surface area (TPSA) is 59.6 Å². The zero-order valence-electron chi connectivity index (χ0n) is 12.7. The van der Waals surface area contributed by atoms with Gasteiger partial charge in [-0.1, -0.05) is 12.1 Å². The van der Waals surface area contributed by atoms with E-state index in [0.717, 1.165) is 35.6 Å². The minimum atomic E-state index is 0.0546. The molecule has 1 aromatic carbocycles. The fourth-order valence-electron chi connectivity index (χ4n) is 2.87. The van der Waals surface area contributed by atoms with Crippen LogP contribution in [-0.2, 0) is 6.61 Å². The third-order valence-corrected chi connectivity index (χ3v) is 4.21. The zero-order chi connectivity index (χ0) is 15.5. The largest absolute Gasteiger partial charge is 0.392 e. The minimum absolute atomic E-state index is 0.0546. The summed E-state index contributed by atoms with van der Waals surface area (Å²) in [5.41, 5.74) is 3.70. The van der Waals surface area contributed by atoms with E-state index in [1.807, 2.05) is 42.2 Å². The number of aryl methyl sites for hydroxylation is 1. The summed E-state index contributed by atoms with van der Waals surface area (Å²) in [5, 5.41) is 9.23. The number of rotatable bonds is 3. The molecule has 1 fully saturated rings. The molecule has 0 saturated carbocycles. The van der Waals surface area contributed by atoms with Crippen LogP contribution in [0.1, 0.15) is 21.6 Å². The predicted octanol–water partition coefficient (Wildman–Crippen LogP) is 1.78. The molecule has 2 aromatic rings. The number of H-pyrrole nitrogens is 1. The Bertz CT molecular complexity index is 657. The first-order valence-electron chi connectivity index (χ1n) is 7.57. The molecule has 116 valence electrons. The molecule has 1 amide bonds. The van der Waals surface area contributed by atoms with Gasteiger partial charge in [0.1, 0.15) is 0 Å². The molecule has 22 heavy (non-hydrogen) atoms. The van der Waals surface area contributed by atoms with Gasteiger partial charge < -0.3 is 19.9 Å². The lowest BCUT2D eigenvalue weighted by molar-refractivity contribution is 0.0746. The highest BCUT2D eigenvalue weighted by molar-refractivity contribution is 5.95. The van der Waals surface area contributed by atoms with E-state index in [2.05, 4.69) is 9.88 Å². The molecule has 3 rings (SSSR count). The standard InChI is InChI=1S/C17H21N3O2/c1-13-16(5-6-18-13)17(22)20-9-7-19(8-10-20)15-4-2-3-14(11-15)12-21/h2-6,11,18,21H,7-10,12H2,1H3. The van der Waals surface area contributed by atoms with Crippen molar-refractivity contribution in [3.63, 3.8) is 0 Å². The number of carbonyl (C=O) groups excluding carboxylic acids is 1. The number of aliphatic hydroxyl groups excluding tert-OH is 1. The molecule has 1 aliphatic heterocycles. The van der Waals surface area contributed by atoms with Gasteiger partial charge in [-0.3, -0.25) is 4.79 Å². The number of hydrogen-bond acceptors (Lipinski definition) is 3. The first-order valence-corrected chi connectivity index (χ1v) is 7.57. The number of anilines is 1. The summed E-state index contributed by atoms with van der Waals surface area (Å²) in [5.74, 6) is 0.0995. The number of aliphatic hydroxyl groups is 1. The van der Waals surface area contributed by atoms with Crippen molar-refractivity contribution in [2.75, 3.05) is 31.1 Å². The molecule has 1 aromatic heterocycles. The summed E-state index contributed by atoms with van der Waals surface area (Å²) in [6, 6.07) is 9.77. The normalized spacial score (nSPS) is 15.2. The van der Waals surface area contributed by atoms with Crippen molar-refractivity contribution in [1.29, 1.82) is 0 Å². The maximum atomic E-state index is 12.5. The lowest BCUT2D eigenvalue weighted by Crippen LogP contribution is -2.48. The van der Waals surface area contributed by atoms with Crippen LogP contribution in [0, 0.1) is 6.92 Å². The van der Waals surface area contributed by atoms with Crippen molar-refractivity contribution < 1.29 is 9.90 Å². The Labute approximate surface area is 130 Å². The summed E-state index contributed by atoms with van der Waals surface area (Å²) in [4.78, 5) is 19.7. The van der Waals surface area contributed by atoms with Crippen LogP contribution >= 0.6 is 0 Å². The molecule has 2 heterocycles. The van der Waals surface area contributed by atoms with E-state index in [1.54, 1.807) is 6.20 Å². The van der Waals surface area contributed by atoms with Gasteiger partial charge in [0.2, 0.25) is 0 Å². The second kappa shape index (κ2) is 6.23. The van der Waals surface area contributed by atoms with Gasteiger partial charge in [0, 0.05) is 43.8 Å². The number of amides is 1. The van der Waals surface area contributed by atoms with Crippen molar-refractivity contribution >= 4 is 11.6 Å². The quantitative estimate of drug-likeness (QED) is 0.908. The SMILES string of the molecule is Cc1[nH]ccc1C(=O)N1CCN(c2cccc(CO)c2)CC1. The Morgan fingerprint density at radius 3 is 2.64 bits per heavy atom. The maximum Gasteiger partial charge on any atom is 0.255 e. The number of nitrogens with one attached hydrogen (secondary N) is 1. The second-order valence-electron chi connectivity index (χ2n) is 5.62. The number of aromatic amines is 1. The Morgan fingerprint density at radius 1 is 1.23 bits per heavy atom. The summed E-state index contributed by atoms with van der Waals surface area (Å²) in [7, 11) is 0. The predicted molar refractivity (Wildman–Crippen MR) is 86.0 cm³/mol. The van der Waals surface area contributed by atoms with E-state index < -0.39 is 0 Å². The highest BCUT2D eigenvalue weighted by Gasteiger charge is 2.23. The van der Waals surface area contributed by atoms with Gasteiger partial charge in [-0.2, -0.15) is 0 Å². The minimum Gasteiger partial charge on any atom is -0.392 e. The van der Waals surface area contributed by atoms with Crippen molar-refractivity contribution in [2.24, 2.45) is 0 Å². The average Bonchev–Trinajstić information content (AvgIpc) is 3.00. The van der Waals surface area contributed by atoms with Crippen LogP contribution in [0.25, 0.3) is 0 Å². The Hall–Kier alpha value is -2.27. The highest BCUT2D eigenvalue weighted by Crippen LogP contribution is 2.19. The number of aromatic nitrogens is 1. The van der Waals surface area contributed by atoms with E-state index in [9.17, 15) is 9.90 Å². The lowest BCUT2D eigenvalue weighted by atomic mass is 10.1. The van der Waals surface area contributed by atoms with Crippen LogP contribution in [0.15, 0.2) is 36.5 Å². The van der Waals surface area contributed by atoms with Gasteiger partial charge in [-0.25, -0.2) is 0 Å². The van der Waals surface area contributed by atoms with Crippen molar-refractivity contribution in [1.82, 2.24) is 9.88 Å². The van der Waals surface area contributed by atoms with Crippen molar-refractivity contribution in [3.05, 3.63) is 53.3 Å². The zero-order valence-corrected chi connectivity index (χ0v) is 12.7. The number of nitrogens with zero attached hydrogens (tertiary/aromatic N) is 2. The fourth-order valence-corrected chi connectivity index (χ4v) is 2.87. The molecule has 0 radical (unpaired) electrons. The number of piperazine rings is 1. The van der Waals surface area contributed by atoms with E-state index >= 15 is 0 Å². The van der Waals surface area contributed by atoms with E-state index in [4.69, 9.17) is 0 Å². The molecule has 0 aliphatic carbocycles. The first kappa shape index (κ1) is 14.7. The van der Waals surface area contributed by atoms with E-state index in [0.29, 0.717) is 13.1 Å². The lowest BCUT2D eigenvalue weighted by Gasteiger charge is -2.36. The van der Waals surface area contributed by atoms with Crippen LogP contribution in [0.4, 0.5) is 5.69 Å². The Balaban J connectivity index is 1.65. The highest BCUT2D eigenvalue weighted by atomic mass is 16.3. The van der Waals surface area contributed by atoms with Crippen LogP contribution in [0.2, 0.25) is 0 Å². The molecule has 0 unspecified atom stereocenters.